The van der Waals surface area contributed by atoms with Crippen LogP contribution in [-0.2, 0) is 0 Å². The van der Waals surface area contributed by atoms with Gasteiger partial charge in [0, 0.05) is 6.20 Å². The Hall–Kier alpha value is -1.20. The molecular weight excluding hydrogens is 258 g/mol. The summed E-state index contributed by atoms with van der Waals surface area (Å²) in [5, 5.41) is 0. The second-order valence-corrected chi connectivity index (χ2v) is 4.08. The molecule has 0 amide bonds. The number of Topliss-reactive ketones (excluding diaryl/α,β-unsaturated/α-hetero) is 1. The first-order chi connectivity index (χ1) is 7.11. The standard InChI is InChI=1S/C10H10BrN3O/c1-6(12)9(15)8-10(11)14-5-3-2-4-7(14)13-8/h2-6H,12H2,1H3. The van der Waals surface area contributed by atoms with E-state index < -0.39 is 6.04 Å². The molecule has 2 rings (SSSR count). The minimum absolute atomic E-state index is 0.162. The number of imidazole rings is 1. The number of hydrogen-bond donors (Lipinski definition) is 1. The Bertz CT molecular complexity index is 518. The molecule has 0 fully saturated rings. The van der Waals surface area contributed by atoms with Crippen molar-refractivity contribution in [3.8, 4) is 0 Å². The predicted octanol–water partition coefficient (Wildman–Crippen LogP) is 1.63. The van der Waals surface area contributed by atoms with Crippen LogP contribution >= 0.6 is 15.9 Å². The molecule has 2 N–H and O–H groups in total. The zero-order valence-electron chi connectivity index (χ0n) is 8.14. The van der Waals surface area contributed by atoms with Crippen LogP contribution in [0.15, 0.2) is 29.0 Å². The number of fused-ring (bicyclic) bond motifs is 1. The molecule has 2 heterocycles. The molecular formula is C10H10BrN3O. The van der Waals surface area contributed by atoms with E-state index in [4.69, 9.17) is 5.73 Å². The number of rotatable bonds is 2. The van der Waals surface area contributed by atoms with Gasteiger partial charge in [-0.15, -0.1) is 0 Å². The average molecular weight is 268 g/mol. The number of carbonyl (C=O) groups excluding carboxylic acids is 1. The molecule has 15 heavy (non-hydrogen) atoms. The molecule has 78 valence electrons. The fourth-order valence-corrected chi connectivity index (χ4v) is 1.92. The molecule has 0 bridgehead atoms. The highest BCUT2D eigenvalue weighted by atomic mass is 79.9. The quantitative estimate of drug-likeness (QED) is 0.842. The third kappa shape index (κ3) is 1.68. The van der Waals surface area contributed by atoms with Crippen molar-refractivity contribution in [2.24, 2.45) is 5.73 Å². The van der Waals surface area contributed by atoms with E-state index in [1.54, 1.807) is 11.3 Å². The fraction of sp³-hybridized carbons (Fsp3) is 0.200. The Morgan fingerprint density at radius 3 is 2.93 bits per heavy atom. The number of pyridine rings is 1. The van der Waals surface area contributed by atoms with Crippen LogP contribution in [-0.4, -0.2) is 21.2 Å². The van der Waals surface area contributed by atoms with Gasteiger partial charge in [-0.25, -0.2) is 4.98 Å². The summed E-state index contributed by atoms with van der Waals surface area (Å²) < 4.78 is 2.45. The van der Waals surface area contributed by atoms with Gasteiger partial charge < -0.3 is 5.73 Å². The number of aromatic nitrogens is 2. The maximum absolute atomic E-state index is 11.7. The predicted molar refractivity (Wildman–Crippen MR) is 60.9 cm³/mol. The van der Waals surface area contributed by atoms with Gasteiger partial charge in [0.2, 0.25) is 0 Å². The van der Waals surface area contributed by atoms with Crippen LogP contribution < -0.4 is 5.73 Å². The van der Waals surface area contributed by atoms with Crippen molar-refractivity contribution in [1.29, 1.82) is 0 Å². The molecule has 0 saturated heterocycles. The summed E-state index contributed by atoms with van der Waals surface area (Å²) in [6, 6.07) is 5.04. The minimum atomic E-state index is -0.536. The number of carbonyl (C=O) groups is 1. The monoisotopic (exact) mass is 267 g/mol. The average Bonchev–Trinajstić information content (AvgIpc) is 2.56. The van der Waals surface area contributed by atoms with Gasteiger partial charge in [-0.2, -0.15) is 0 Å². The first-order valence-corrected chi connectivity index (χ1v) is 5.33. The van der Waals surface area contributed by atoms with Crippen molar-refractivity contribution < 1.29 is 4.79 Å². The molecule has 5 heteroatoms. The van der Waals surface area contributed by atoms with Gasteiger partial charge >= 0.3 is 0 Å². The second-order valence-electron chi connectivity index (χ2n) is 3.33. The van der Waals surface area contributed by atoms with Gasteiger partial charge in [-0.1, -0.05) is 6.07 Å². The van der Waals surface area contributed by atoms with Crippen LogP contribution in [0.2, 0.25) is 0 Å². The Morgan fingerprint density at radius 1 is 1.60 bits per heavy atom. The lowest BCUT2D eigenvalue weighted by molar-refractivity contribution is 0.0963. The highest BCUT2D eigenvalue weighted by molar-refractivity contribution is 9.10. The molecule has 0 aliphatic carbocycles. The van der Waals surface area contributed by atoms with E-state index in [0.29, 0.717) is 10.3 Å². The third-order valence-corrected chi connectivity index (χ3v) is 2.88. The van der Waals surface area contributed by atoms with Crippen molar-refractivity contribution in [3.63, 3.8) is 0 Å². The van der Waals surface area contributed by atoms with E-state index >= 15 is 0 Å². The summed E-state index contributed by atoms with van der Waals surface area (Å²) in [5.74, 6) is -0.162. The number of nitrogens with two attached hydrogens (primary N) is 1. The van der Waals surface area contributed by atoms with E-state index in [9.17, 15) is 4.79 Å². The molecule has 0 aliphatic rings. The Morgan fingerprint density at radius 2 is 2.33 bits per heavy atom. The van der Waals surface area contributed by atoms with Crippen molar-refractivity contribution in [2.45, 2.75) is 13.0 Å². The number of hydrogen-bond acceptors (Lipinski definition) is 3. The summed E-state index contributed by atoms with van der Waals surface area (Å²) >= 11 is 3.34. The van der Waals surface area contributed by atoms with E-state index in [-0.39, 0.29) is 5.78 Å². The van der Waals surface area contributed by atoms with Crippen LogP contribution in [0.3, 0.4) is 0 Å². The van der Waals surface area contributed by atoms with Gasteiger partial charge in [0.25, 0.3) is 0 Å². The summed E-state index contributed by atoms with van der Waals surface area (Å²) in [5.41, 5.74) is 6.65. The molecule has 0 radical (unpaired) electrons. The number of nitrogens with zero attached hydrogens (tertiary/aromatic N) is 2. The summed E-state index contributed by atoms with van der Waals surface area (Å²) in [7, 11) is 0. The molecule has 1 atom stereocenters. The van der Waals surface area contributed by atoms with Crippen molar-refractivity contribution in [3.05, 3.63) is 34.7 Å². The van der Waals surface area contributed by atoms with E-state index in [2.05, 4.69) is 20.9 Å². The molecule has 0 aliphatic heterocycles. The SMILES string of the molecule is CC(N)C(=O)c1nc2ccccn2c1Br. The van der Waals surface area contributed by atoms with E-state index in [1.807, 2.05) is 24.4 Å². The first kappa shape index (κ1) is 10.3. The molecule has 1 unspecified atom stereocenters. The number of ketones is 1. The Kier molecular flexibility index (Phi) is 2.58. The van der Waals surface area contributed by atoms with Gasteiger partial charge in [0.15, 0.2) is 5.78 Å². The second kappa shape index (κ2) is 3.75. The molecule has 0 aromatic carbocycles. The van der Waals surface area contributed by atoms with Crippen LogP contribution in [0.1, 0.15) is 17.4 Å². The topological polar surface area (TPSA) is 60.4 Å². The lowest BCUT2D eigenvalue weighted by atomic mass is 10.2. The normalized spacial score (nSPS) is 13.0. The fourth-order valence-electron chi connectivity index (χ4n) is 1.34. The zero-order chi connectivity index (χ0) is 11.0. The van der Waals surface area contributed by atoms with E-state index in [0.717, 1.165) is 5.65 Å². The third-order valence-electron chi connectivity index (χ3n) is 2.12. The van der Waals surface area contributed by atoms with Crippen LogP contribution in [0, 0.1) is 0 Å². The smallest absolute Gasteiger partial charge is 0.200 e. The maximum atomic E-state index is 11.7. The molecule has 4 nitrogen and oxygen atoms in total. The van der Waals surface area contributed by atoms with Crippen LogP contribution in [0.4, 0.5) is 0 Å². The summed E-state index contributed by atoms with van der Waals surface area (Å²) in [6.45, 7) is 1.65. The van der Waals surface area contributed by atoms with Gasteiger partial charge in [0.05, 0.1) is 6.04 Å². The highest BCUT2D eigenvalue weighted by Gasteiger charge is 2.19. The van der Waals surface area contributed by atoms with Crippen molar-refractivity contribution in [2.75, 3.05) is 0 Å². The van der Waals surface area contributed by atoms with Gasteiger partial charge in [-0.3, -0.25) is 9.20 Å². The van der Waals surface area contributed by atoms with Crippen molar-refractivity contribution in [1.82, 2.24) is 9.38 Å². The lowest BCUT2D eigenvalue weighted by Gasteiger charge is -2.00. The molecule has 0 saturated carbocycles. The summed E-state index contributed by atoms with van der Waals surface area (Å²) in [4.78, 5) is 15.9. The summed E-state index contributed by atoms with van der Waals surface area (Å²) in [6.07, 6.45) is 1.84. The Labute approximate surface area is 95.2 Å². The minimum Gasteiger partial charge on any atom is -0.321 e. The largest absolute Gasteiger partial charge is 0.321 e. The lowest BCUT2D eigenvalue weighted by Crippen LogP contribution is -2.27. The Balaban J connectivity index is 2.63. The highest BCUT2D eigenvalue weighted by Crippen LogP contribution is 2.19. The van der Waals surface area contributed by atoms with Crippen molar-refractivity contribution >= 4 is 27.4 Å². The van der Waals surface area contributed by atoms with Crippen LogP contribution in [0.25, 0.3) is 5.65 Å². The molecule has 2 aromatic heterocycles. The van der Waals surface area contributed by atoms with Gasteiger partial charge in [-0.05, 0) is 35.0 Å². The van der Waals surface area contributed by atoms with Crippen LogP contribution in [0.5, 0.6) is 0 Å². The van der Waals surface area contributed by atoms with E-state index in [1.165, 1.54) is 0 Å². The molecule has 2 aromatic rings. The van der Waals surface area contributed by atoms with Gasteiger partial charge in [0.1, 0.15) is 15.9 Å². The molecule has 0 spiro atoms. The first-order valence-electron chi connectivity index (χ1n) is 4.53. The zero-order valence-corrected chi connectivity index (χ0v) is 9.73. The maximum Gasteiger partial charge on any atom is 0.200 e. The number of halogens is 1.